The third kappa shape index (κ3) is 4.40. The van der Waals surface area contributed by atoms with Crippen molar-refractivity contribution in [1.29, 1.82) is 0 Å². The Morgan fingerprint density at radius 3 is 2.93 bits per heavy atom. The first-order chi connectivity index (χ1) is 7.05. The van der Waals surface area contributed by atoms with Crippen molar-refractivity contribution in [3.8, 4) is 0 Å². The van der Waals surface area contributed by atoms with E-state index in [0.717, 1.165) is 6.54 Å². The molecule has 0 aromatic rings. The maximum absolute atomic E-state index is 11.7. The van der Waals surface area contributed by atoms with Gasteiger partial charge in [0.15, 0.2) is 0 Å². The molecule has 0 radical (unpaired) electrons. The number of nitrogens with one attached hydrogen (secondary N) is 2. The number of morpholine rings is 1. The van der Waals surface area contributed by atoms with Gasteiger partial charge in [-0.25, -0.2) is 0 Å². The fourth-order valence-electron chi connectivity index (χ4n) is 1.23. The zero-order chi connectivity index (χ0) is 11.3. The van der Waals surface area contributed by atoms with Gasteiger partial charge in [-0.05, 0) is 20.1 Å². The molecule has 0 saturated carbocycles. The van der Waals surface area contributed by atoms with E-state index < -0.39 is 0 Å². The van der Waals surface area contributed by atoms with Crippen LogP contribution < -0.4 is 10.6 Å². The summed E-state index contributed by atoms with van der Waals surface area (Å²) in [7, 11) is 0. The zero-order valence-corrected chi connectivity index (χ0v) is 10.4. The highest BCUT2D eigenvalue weighted by atomic mass is 32.2. The molecule has 1 fully saturated rings. The zero-order valence-electron chi connectivity index (χ0n) is 9.63. The van der Waals surface area contributed by atoms with Crippen molar-refractivity contribution in [1.82, 2.24) is 10.6 Å². The van der Waals surface area contributed by atoms with Gasteiger partial charge in [0.2, 0.25) is 5.91 Å². The van der Waals surface area contributed by atoms with E-state index in [1.807, 2.05) is 6.26 Å². The van der Waals surface area contributed by atoms with Gasteiger partial charge in [-0.2, -0.15) is 11.8 Å². The van der Waals surface area contributed by atoms with Crippen LogP contribution in [0.25, 0.3) is 0 Å². The molecule has 1 unspecified atom stereocenters. The molecule has 0 spiro atoms. The van der Waals surface area contributed by atoms with Gasteiger partial charge in [-0.1, -0.05) is 0 Å². The molecular formula is C10H20N2O2S. The molecule has 5 heteroatoms. The fraction of sp³-hybridized carbons (Fsp3) is 0.900. The van der Waals surface area contributed by atoms with Crippen LogP contribution in [0.3, 0.4) is 0 Å². The number of rotatable bonds is 4. The molecule has 1 atom stereocenters. The van der Waals surface area contributed by atoms with Crippen molar-refractivity contribution in [3.63, 3.8) is 0 Å². The number of thioether (sulfide) groups is 1. The van der Waals surface area contributed by atoms with Crippen molar-refractivity contribution in [2.75, 3.05) is 32.6 Å². The average molecular weight is 232 g/mol. The van der Waals surface area contributed by atoms with Crippen molar-refractivity contribution < 1.29 is 9.53 Å². The Labute approximate surface area is 95.5 Å². The lowest BCUT2D eigenvalue weighted by Crippen LogP contribution is -2.52. The molecule has 15 heavy (non-hydrogen) atoms. The van der Waals surface area contributed by atoms with Crippen LogP contribution >= 0.6 is 11.8 Å². The van der Waals surface area contributed by atoms with Crippen LogP contribution in [-0.4, -0.2) is 49.3 Å². The van der Waals surface area contributed by atoms with Gasteiger partial charge in [-0.15, -0.1) is 0 Å². The van der Waals surface area contributed by atoms with Crippen LogP contribution in [0, 0.1) is 0 Å². The highest BCUT2D eigenvalue weighted by Crippen LogP contribution is 2.19. The van der Waals surface area contributed by atoms with E-state index in [1.165, 1.54) is 0 Å². The highest BCUT2D eigenvalue weighted by Gasteiger charge is 2.23. The Morgan fingerprint density at radius 1 is 1.67 bits per heavy atom. The van der Waals surface area contributed by atoms with Gasteiger partial charge in [0.25, 0.3) is 0 Å². The van der Waals surface area contributed by atoms with E-state index in [9.17, 15) is 4.79 Å². The minimum absolute atomic E-state index is 0.0387. The number of carbonyl (C=O) groups is 1. The van der Waals surface area contributed by atoms with Gasteiger partial charge in [-0.3, -0.25) is 4.79 Å². The Hall–Kier alpha value is -0.260. The molecule has 88 valence electrons. The molecule has 0 aromatic carbocycles. The third-order valence-electron chi connectivity index (χ3n) is 2.48. The second kappa shape index (κ2) is 5.72. The quantitative estimate of drug-likeness (QED) is 0.729. The van der Waals surface area contributed by atoms with E-state index in [4.69, 9.17) is 4.74 Å². The normalized spacial score (nSPS) is 22.5. The number of carbonyl (C=O) groups excluding carboxylic acids is 1. The summed E-state index contributed by atoms with van der Waals surface area (Å²) < 4.78 is 5.32. The smallest absolute Gasteiger partial charge is 0.239 e. The largest absolute Gasteiger partial charge is 0.378 e. The summed E-state index contributed by atoms with van der Waals surface area (Å²) >= 11 is 1.75. The molecule has 0 aromatic heterocycles. The monoisotopic (exact) mass is 232 g/mol. The van der Waals surface area contributed by atoms with Gasteiger partial charge in [0.05, 0.1) is 13.2 Å². The van der Waals surface area contributed by atoms with Gasteiger partial charge in [0, 0.05) is 17.8 Å². The summed E-state index contributed by atoms with van der Waals surface area (Å²) in [4.78, 5) is 11.7. The third-order valence-corrected chi connectivity index (χ3v) is 3.73. The summed E-state index contributed by atoms with van der Waals surface area (Å²) in [6, 6.07) is -0.184. The molecule has 1 saturated heterocycles. The fourth-order valence-corrected chi connectivity index (χ4v) is 1.45. The Balaban J connectivity index is 2.28. The SMILES string of the molecule is CSC(C)(C)CNC(=O)C1COCCN1. The van der Waals surface area contributed by atoms with E-state index in [0.29, 0.717) is 19.8 Å². The first-order valence-electron chi connectivity index (χ1n) is 5.19. The molecule has 1 amide bonds. The summed E-state index contributed by atoms with van der Waals surface area (Å²) in [5.41, 5.74) is 0. The van der Waals surface area contributed by atoms with Crippen LogP contribution in [0.5, 0.6) is 0 Å². The predicted octanol–water partition coefficient (Wildman–Crippen LogP) is 0.233. The first-order valence-corrected chi connectivity index (χ1v) is 6.41. The molecule has 4 nitrogen and oxygen atoms in total. The molecule has 1 heterocycles. The van der Waals surface area contributed by atoms with Gasteiger partial charge < -0.3 is 15.4 Å². The average Bonchev–Trinajstić information content (AvgIpc) is 2.27. The summed E-state index contributed by atoms with van der Waals surface area (Å²) in [6.45, 7) is 6.84. The van der Waals surface area contributed by atoms with Crippen molar-refractivity contribution in [2.24, 2.45) is 0 Å². The number of hydrogen-bond donors (Lipinski definition) is 2. The second-order valence-corrected chi connectivity index (χ2v) is 5.78. The molecular weight excluding hydrogens is 212 g/mol. The maximum Gasteiger partial charge on any atom is 0.239 e. The van der Waals surface area contributed by atoms with Gasteiger partial charge >= 0.3 is 0 Å². The van der Waals surface area contributed by atoms with Crippen LogP contribution in [0.15, 0.2) is 0 Å². The highest BCUT2D eigenvalue weighted by molar-refractivity contribution is 7.99. The topological polar surface area (TPSA) is 50.4 Å². The Kier molecular flexibility index (Phi) is 4.89. The van der Waals surface area contributed by atoms with Crippen LogP contribution in [-0.2, 0) is 9.53 Å². The lowest BCUT2D eigenvalue weighted by molar-refractivity contribution is -0.125. The van der Waals surface area contributed by atoms with Gasteiger partial charge in [0.1, 0.15) is 6.04 Å². The van der Waals surface area contributed by atoms with Crippen molar-refractivity contribution in [2.45, 2.75) is 24.6 Å². The van der Waals surface area contributed by atoms with Crippen LogP contribution in [0.2, 0.25) is 0 Å². The lowest BCUT2D eigenvalue weighted by Gasteiger charge is -2.26. The van der Waals surface area contributed by atoms with E-state index in [-0.39, 0.29) is 16.7 Å². The Morgan fingerprint density at radius 2 is 2.40 bits per heavy atom. The molecule has 0 bridgehead atoms. The standard InChI is InChI=1S/C10H20N2O2S/c1-10(2,15-3)7-12-9(13)8-6-14-5-4-11-8/h8,11H,4-7H2,1-3H3,(H,12,13). The number of hydrogen-bond acceptors (Lipinski definition) is 4. The first kappa shape index (κ1) is 12.8. The molecule has 1 aliphatic rings. The van der Waals surface area contributed by atoms with Crippen molar-refractivity contribution in [3.05, 3.63) is 0 Å². The van der Waals surface area contributed by atoms with E-state index >= 15 is 0 Å². The van der Waals surface area contributed by atoms with Crippen molar-refractivity contribution >= 4 is 17.7 Å². The van der Waals surface area contributed by atoms with Crippen LogP contribution in [0.1, 0.15) is 13.8 Å². The number of ether oxygens (including phenoxy) is 1. The van der Waals surface area contributed by atoms with E-state index in [2.05, 4.69) is 24.5 Å². The molecule has 2 N–H and O–H groups in total. The predicted molar refractivity (Wildman–Crippen MR) is 63.2 cm³/mol. The summed E-state index contributed by atoms with van der Waals surface area (Å²) in [5.74, 6) is 0.0387. The number of amides is 1. The Bertz CT molecular complexity index is 215. The minimum Gasteiger partial charge on any atom is -0.378 e. The maximum atomic E-state index is 11.7. The van der Waals surface area contributed by atoms with E-state index in [1.54, 1.807) is 11.8 Å². The molecule has 1 aliphatic heterocycles. The molecule has 0 aliphatic carbocycles. The van der Waals surface area contributed by atoms with Crippen LogP contribution in [0.4, 0.5) is 0 Å². The molecule has 1 rings (SSSR count). The lowest BCUT2D eigenvalue weighted by atomic mass is 10.2. The minimum atomic E-state index is -0.184. The summed E-state index contributed by atoms with van der Waals surface area (Å²) in [5, 5.41) is 6.07. The summed E-state index contributed by atoms with van der Waals surface area (Å²) in [6.07, 6.45) is 2.05. The second-order valence-electron chi connectivity index (χ2n) is 4.26.